The first-order chi connectivity index (χ1) is 8.15. The number of rotatable bonds is 10. The summed E-state index contributed by atoms with van der Waals surface area (Å²) >= 11 is 0. The highest BCUT2D eigenvalue weighted by molar-refractivity contribution is 5.64. The first kappa shape index (κ1) is 16.2. The molecule has 0 aliphatic carbocycles. The number of carbonyl (C=O) groups is 1. The molecule has 0 rings (SSSR count). The van der Waals surface area contributed by atoms with Crippen LogP contribution in [0.25, 0.3) is 0 Å². The molecule has 0 aromatic carbocycles. The molecule has 0 spiro atoms. The number of ether oxygens (including phenoxy) is 1. The average molecular weight is 244 g/mol. The molecular formula is C13H28N2O2. The van der Waals surface area contributed by atoms with Crippen molar-refractivity contribution >= 4 is 6.09 Å². The van der Waals surface area contributed by atoms with E-state index < -0.39 is 6.09 Å². The van der Waals surface area contributed by atoms with Crippen molar-refractivity contribution in [2.45, 2.75) is 58.9 Å². The second-order valence-electron chi connectivity index (χ2n) is 4.43. The van der Waals surface area contributed by atoms with Crippen molar-refractivity contribution < 1.29 is 9.53 Å². The van der Waals surface area contributed by atoms with Crippen molar-refractivity contribution in [2.75, 3.05) is 19.7 Å². The minimum absolute atomic E-state index is 0.434. The van der Waals surface area contributed by atoms with E-state index in [2.05, 4.69) is 25.7 Å². The summed E-state index contributed by atoms with van der Waals surface area (Å²) < 4.78 is 4.84. The van der Waals surface area contributed by atoms with Gasteiger partial charge in [-0.15, -0.1) is 0 Å². The molecule has 2 N–H and O–H groups in total. The first-order valence-electron chi connectivity index (χ1n) is 6.81. The summed E-state index contributed by atoms with van der Waals surface area (Å²) in [5.74, 6) is 0. The highest BCUT2D eigenvalue weighted by atomic mass is 16.5. The molecule has 0 saturated heterocycles. The van der Waals surface area contributed by atoms with E-state index in [1.165, 1.54) is 0 Å². The van der Waals surface area contributed by atoms with Crippen molar-refractivity contribution in [3.8, 4) is 0 Å². The Kier molecular flexibility index (Phi) is 9.92. The quantitative estimate of drug-likeness (QED) is 0.643. The van der Waals surface area contributed by atoms with Gasteiger partial charge >= 0.3 is 6.09 Å². The molecule has 17 heavy (non-hydrogen) atoms. The molecule has 0 aliphatic heterocycles. The Morgan fingerprint density at radius 2 is 1.71 bits per heavy atom. The zero-order valence-electron chi connectivity index (χ0n) is 11.6. The fourth-order valence-corrected chi connectivity index (χ4v) is 2.19. The predicted molar refractivity (Wildman–Crippen MR) is 71.0 cm³/mol. The maximum absolute atomic E-state index is 10.5. The highest BCUT2D eigenvalue weighted by Gasteiger charge is 2.16. The molecule has 1 unspecified atom stereocenters. The lowest BCUT2D eigenvalue weighted by molar-refractivity contribution is 0.121. The first-order valence-corrected chi connectivity index (χ1v) is 6.81. The van der Waals surface area contributed by atoms with Crippen LogP contribution >= 0.6 is 0 Å². The average Bonchev–Trinajstić information content (AvgIpc) is 2.27. The van der Waals surface area contributed by atoms with Crippen LogP contribution in [-0.4, -0.2) is 36.7 Å². The Labute approximate surface area is 105 Å². The molecule has 0 aromatic rings. The summed E-state index contributed by atoms with van der Waals surface area (Å²) in [5, 5.41) is 0. The van der Waals surface area contributed by atoms with Crippen LogP contribution in [0.5, 0.6) is 0 Å². The summed E-state index contributed by atoms with van der Waals surface area (Å²) in [4.78, 5) is 13.1. The maximum atomic E-state index is 10.5. The van der Waals surface area contributed by atoms with Gasteiger partial charge in [-0.05, 0) is 38.8 Å². The molecule has 1 amide bonds. The lowest BCUT2D eigenvalue weighted by Gasteiger charge is -2.31. The zero-order chi connectivity index (χ0) is 13.1. The van der Waals surface area contributed by atoms with E-state index in [9.17, 15) is 4.79 Å². The van der Waals surface area contributed by atoms with Gasteiger partial charge in [0.05, 0.1) is 6.61 Å². The van der Waals surface area contributed by atoms with Gasteiger partial charge in [0.2, 0.25) is 0 Å². The third-order valence-corrected chi connectivity index (χ3v) is 2.86. The lowest BCUT2D eigenvalue weighted by atomic mass is 10.1. The SMILES string of the molecule is CCCC(CCOC(N)=O)N(CCC)CCC. The Balaban J connectivity index is 4.17. The summed E-state index contributed by atoms with van der Waals surface area (Å²) in [5.41, 5.74) is 4.97. The molecule has 4 nitrogen and oxygen atoms in total. The van der Waals surface area contributed by atoms with E-state index in [0.717, 1.165) is 45.2 Å². The van der Waals surface area contributed by atoms with Crippen molar-refractivity contribution in [1.29, 1.82) is 0 Å². The van der Waals surface area contributed by atoms with Crippen LogP contribution in [-0.2, 0) is 4.74 Å². The molecule has 0 heterocycles. The molecule has 0 bridgehead atoms. The van der Waals surface area contributed by atoms with Gasteiger partial charge in [0.1, 0.15) is 0 Å². The molecule has 0 aromatic heterocycles. The van der Waals surface area contributed by atoms with Gasteiger partial charge in [-0.3, -0.25) is 0 Å². The summed E-state index contributed by atoms with van der Waals surface area (Å²) in [7, 11) is 0. The molecule has 4 heteroatoms. The smallest absolute Gasteiger partial charge is 0.404 e. The summed E-state index contributed by atoms with van der Waals surface area (Å²) in [6, 6.07) is 0.513. The van der Waals surface area contributed by atoms with Gasteiger partial charge in [0.25, 0.3) is 0 Å². The molecule has 102 valence electrons. The zero-order valence-corrected chi connectivity index (χ0v) is 11.6. The monoisotopic (exact) mass is 244 g/mol. The molecule has 0 saturated carbocycles. The largest absolute Gasteiger partial charge is 0.450 e. The van der Waals surface area contributed by atoms with E-state index >= 15 is 0 Å². The Hall–Kier alpha value is -0.770. The van der Waals surface area contributed by atoms with Crippen LogP contribution in [0.3, 0.4) is 0 Å². The fraction of sp³-hybridized carbons (Fsp3) is 0.923. The van der Waals surface area contributed by atoms with Gasteiger partial charge in [-0.1, -0.05) is 27.2 Å². The predicted octanol–water partition coefficient (Wildman–Crippen LogP) is 2.76. The van der Waals surface area contributed by atoms with E-state index in [0.29, 0.717) is 12.6 Å². The van der Waals surface area contributed by atoms with Crippen molar-refractivity contribution in [3.05, 3.63) is 0 Å². The second kappa shape index (κ2) is 10.4. The van der Waals surface area contributed by atoms with Crippen LogP contribution in [0.1, 0.15) is 52.9 Å². The third-order valence-electron chi connectivity index (χ3n) is 2.86. The lowest BCUT2D eigenvalue weighted by Crippen LogP contribution is -2.37. The fourth-order valence-electron chi connectivity index (χ4n) is 2.19. The van der Waals surface area contributed by atoms with Gasteiger partial charge in [-0.25, -0.2) is 4.79 Å². The van der Waals surface area contributed by atoms with E-state index in [4.69, 9.17) is 10.5 Å². The number of carbonyl (C=O) groups excluding carboxylic acids is 1. The Morgan fingerprint density at radius 3 is 2.12 bits per heavy atom. The molecular weight excluding hydrogens is 216 g/mol. The van der Waals surface area contributed by atoms with E-state index in [-0.39, 0.29) is 0 Å². The summed E-state index contributed by atoms with van der Waals surface area (Å²) in [6.07, 6.45) is 4.86. The van der Waals surface area contributed by atoms with Crippen LogP contribution in [0.15, 0.2) is 0 Å². The minimum Gasteiger partial charge on any atom is -0.450 e. The van der Waals surface area contributed by atoms with Gasteiger partial charge in [0, 0.05) is 6.04 Å². The second-order valence-corrected chi connectivity index (χ2v) is 4.43. The minimum atomic E-state index is -0.669. The number of nitrogens with zero attached hydrogens (tertiary/aromatic N) is 1. The number of primary amides is 1. The Morgan fingerprint density at radius 1 is 1.12 bits per heavy atom. The topological polar surface area (TPSA) is 55.6 Å². The van der Waals surface area contributed by atoms with E-state index in [1.807, 2.05) is 0 Å². The molecule has 0 fully saturated rings. The Bertz CT molecular complexity index is 192. The molecule has 0 aliphatic rings. The molecule has 1 atom stereocenters. The van der Waals surface area contributed by atoms with Gasteiger partial charge in [0.15, 0.2) is 0 Å². The third kappa shape index (κ3) is 8.02. The highest BCUT2D eigenvalue weighted by Crippen LogP contribution is 2.13. The number of amides is 1. The van der Waals surface area contributed by atoms with Crippen molar-refractivity contribution in [1.82, 2.24) is 4.90 Å². The van der Waals surface area contributed by atoms with E-state index in [1.54, 1.807) is 0 Å². The maximum Gasteiger partial charge on any atom is 0.404 e. The van der Waals surface area contributed by atoms with Crippen LogP contribution in [0.2, 0.25) is 0 Å². The molecule has 0 radical (unpaired) electrons. The van der Waals surface area contributed by atoms with Crippen molar-refractivity contribution in [2.24, 2.45) is 5.73 Å². The number of nitrogens with two attached hydrogens (primary N) is 1. The van der Waals surface area contributed by atoms with Crippen LogP contribution < -0.4 is 5.73 Å². The normalized spacial score (nSPS) is 12.7. The van der Waals surface area contributed by atoms with Crippen molar-refractivity contribution in [3.63, 3.8) is 0 Å². The number of hydrogen-bond donors (Lipinski definition) is 1. The number of hydrogen-bond acceptors (Lipinski definition) is 3. The standard InChI is InChI=1S/C13H28N2O2/c1-4-7-12(8-11-17-13(14)16)15(9-5-2)10-6-3/h12H,4-11H2,1-3H3,(H2,14,16). The van der Waals surface area contributed by atoms with Gasteiger partial charge < -0.3 is 15.4 Å². The van der Waals surface area contributed by atoms with Crippen LogP contribution in [0.4, 0.5) is 4.79 Å². The summed E-state index contributed by atoms with van der Waals surface area (Å²) in [6.45, 7) is 9.27. The van der Waals surface area contributed by atoms with Gasteiger partial charge in [-0.2, -0.15) is 0 Å². The van der Waals surface area contributed by atoms with Crippen LogP contribution in [0, 0.1) is 0 Å².